The van der Waals surface area contributed by atoms with Crippen molar-refractivity contribution in [2.75, 3.05) is 25.4 Å². The molecule has 2 rings (SSSR count). The van der Waals surface area contributed by atoms with E-state index in [2.05, 4.69) is 13.5 Å². The number of thioether (sulfide) groups is 1. The van der Waals surface area contributed by atoms with Crippen molar-refractivity contribution in [3.05, 3.63) is 47.8 Å². The summed E-state index contributed by atoms with van der Waals surface area (Å²) in [6.45, 7) is 18.0. The number of allylic oxidation sites excluding steroid dienone is 1. The minimum atomic E-state index is -0.924. The molecule has 0 bridgehead atoms. The van der Waals surface area contributed by atoms with Crippen LogP contribution in [0.15, 0.2) is 30.9 Å². The lowest BCUT2D eigenvalue weighted by Crippen LogP contribution is -2.57. The fourth-order valence-corrected chi connectivity index (χ4v) is 4.96. The smallest absolute Gasteiger partial charge is 0.410 e. The highest BCUT2D eigenvalue weighted by molar-refractivity contribution is 7.99. The Morgan fingerprint density at radius 2 is 1.97 bits per heavy atom. The molecular formula is C28H43FN2O4S. The molecule has 1 aliphatic heterocycles. The van der Waals surface area contributed by atoms with Crippen LogP contribution >= 0.6 is 11.8 Å². The summed E-state index contributed by atoms with van der Waals surface area (Å²) < 4.78 is 26.3. The minimum absolute atomic E-state index is 0.156. The highest BCUT2D eigenvalue weighted by atomic mass is 32.2. The molecule has 0 aromatic heterocycles. The molecule has 8 heteroatoms. The fraction of sp³-hybridized carbons (Fsp3) is 0.643. The van der Waals surface area contributed by atoms with Gasteiger partial charge in [-0.25, -0.2) is 9.18 Å². The molecule has 0 saturated carbocycles. The van der Waals surface area contributed by atoms with Gasteiger partial charge in [-0.3, -0.25) is 4.79 Å². The number of hydrogen-bond donors (Lipinski definition) is 0. The number of benzene rings is 1. The van der Waals surface area contributed by atoms with Gasteiger partial charge in [0.15, 0.2) is 6.10 Å². The Balaban J connectivity index is 2.16. The molecule has 6 nitrogen and oxygen atoms in total. The summed E-state index contributed by atoms with van der Waals surface area (Å²) in [5, 5.41) is 0.156. The molecule has 1 aliphatic rings. The molecule has 0 spiro atoms. The van der Waals surface area contributed by atoms with Crippen molar-refractivity contribution in [1.82, 2.24) is 9.80 Å². The van der Waals surface area contributed by atoms with Crippen molar-refractivity contribution in [3.8, 4) is 0 Å². The van der Waals surface area contributed by atoms with Gasteiger partial charge in [0.2, 0.25) is 0 Å². The summed E-state index contributed by atoms with van der Waals surface area (Å²) in [5.41, 5.74) is 0.430. The van der Waals surface area contributed by atoms with Crippen LogP contribution in [0, 0.1) is 12.7 Å². The first-order valence-electron chi connectivity index (χ1n) is 12.8. The molecule has 202 valence electrons. The zero-order valence-electron chi connectivity index (χ0n) is 22.9. The van der Waals surface area contributed by atoms with Gasteiger partial charge in [0, 0.05) is 30.9 Å². The molecule has 0 aliphatic carbocycles. The van der Waals surface area contributed by atoms with Crippen LogP contribution in [-0.4, -0.2) is 70.2 Å². The maximum atomic E-state index is 14.5. The van der Waals surface area contributed by atoms with E-state index < -0.39 is 11.7 Å². The molecule has 1 aromatic rings. The van der Waals surface area contributed by atoms with Crippen molar-refractivity contribution in [2.24, 2.45) is 0 Å². The highest BCUT2D eigenvalue weighted by Crippen LogP contribution is 2.29. The second-order valence-electron chi connectivity index (χ2n) is 10.5. The van der Waals surface area contributed by atoms with Crippen LogP contribution in [0.1, 0.15) is 71.6 Å². The summed E-state index contributed by atoms with van der Waals surface area (Å²) in [6.07, 6.45) is 2.38. The maximum Gasteiger partial charge on any atom is 0.410 e. The third kappa shape index (κ3) is 8.80. The lowest BCUT2D eigenvalue weighted by Gasteiger charge is -2.41. The number of unbranched alkanes of at least 4 members (excludes halogenated alkanes) is 1. The van der Waals surface area contributed by atoms with Crippen LogP contribution in [0.25, 0.3) is 0 Å². The number of piperazine rings is 1. The van der Waals surface area contributed by atoms with Crippen molar-refractivity contribution in [2.45, 2.75) is 90.4 Å². The van der Waals surface area contributed by atoms with Gasteiger partial charge >= 0.3 is 6.09 Å². The number of rotatable bonds is 10. The lowest BCUT2D eigenvalue weighted by atomic mass is 10.0. The minimum Gasteiger partial charge on any atom is -0.444 e. The lowest BCUT2D eigenvalue weighted by molar-refractivity contribution is -0.150. The number of nitrogens with zero attached hydrogens (tertiary/aromatic N) is 2. The van der Waals surface area contributed by atoms with Crippen LogP contribution in [0.5, 0.6) is 0 Å². The summed E-state index contributed by atoms with van der Waals surface area (Å²) in [4.78, 5) is 29.7. The molecule has 1 fully saturated rings. The fourth-order valence-electron chi connectivity index (χ4n) is 3.92. The number of halogens is 1. The van der Waals surface area contributed by atoms with Gasteiger partial charge in [0.25, 0.3) is 5.91 Å². The molecule has 36 heavy (non-hydrogen) atoms. The average molecular weight is 523 g/mol. The van der Waals surface area contributed by atoms with Gasteiger partial charge < -0.3 is 19.3 Å². The van der Waals surface area contributed by atoms with E-state index >= 15 is 0 Å². The Hall–Kier alpha value is -2.06. The standard InChI is InChI=1S/C28H43FN2O4S/c1-9-10-11-16-36-22(5)21(4)34-25(23-13-12-19(2)24(29)17-23)26(32)30-14-15-31(20(3)18-30)27(33)35-28(6,7)8/h9,12-13,17,20-22,25H,1,10-11,14-16,18H2,2-8H3/t20-,21?,22-,25?/m1/s1. The molecular weight excluding hydrogens is 479 g/mol. The molecule has 1 saturated heterocycles. The average Bonchev–Trinajstić information content (AvgIpc) is 2.80. The summed E-state index contributed by atoms with van der Waals surface area (Å²) in [7, 11) is 0. The van der Waals surface area contributed by atoms with Crippen molar-refractivity contribution >= 4 is 23.8 Å². The molecule has 0 N–H and O–H groups in total. The van der Waals surface area contributed by atoms with Crippen LogP contribution in [0.2, 0.25) is 0 Å². The van der Waals surface area contributed by atoms with E-state index in [4.69, 9.17) is 9.47 Å². The Morgan fingerprint density at radius 3 is 2.56 bits per heavy atom. The maximum absolute atomic E-state index is 14.5. The van der Waals surface area contributed by atoms with E-state index in [1.54, 1.807) is 40.6 Å². The molecule has 0 radical (unpaired) electrons. The number of carbonyl (C=O) groups excluding carboxylic acids is 2. The molecule has 1 aromatic carbocycles. The first-order chi connectivity index (χ1) is 16.8. The summed E-state index contributed by atoms with van der Waals surface area (Å²) >= 11 is 1.79. The number of carbonyl (C=O) groups is 2. The number of amides is 2. The van der Waals surface area contributed by atoms with Gasteiger partial charge in [0.05, 0.1) is 6.10 Å². The Labute approximate surface area is 220 Å². The van der Waals surface area contributed by atoms with Crippen LogP contribution in [0.4, 0.5) is 9.18 Å². The molecule has 1 heterocycles. The zero-order valence-corrected chi connectivity index (χ0v) is 23.7. The van der Waals surface area contributed by atoms with Gasteiger partial charge in [0.1, 0.15) is 11.4 Å². The van der Waals surface area contributed by atoms with E-state index in [0.29, 0.717) is 30.8 Å². The normalized spacial score (nSPS) is 18.9. The quantitative estimate of drug-likeness (QED) is 0.273. The second kappa shape index (κ2) is 13.5. The first kappa shape index (κ1) is 30.2. The topological polar surface area (TPSA) is 59.1 Å². The first-order valence-corrected chi connectivity index (χ1v) is 13.8. The van der Waals surface area contributed by atoms with E-state index in [0.717, 1.165) is 18.6 Å². The Kier molecular flexibility index (Phi) is 11.3. The third-order valence-corrected chi connectivity index (χ3v) is 7.67. The van der Waals surface area contributed by atoms with Crippen LogP contribution < -0.4 is 0 Å². The van der Waals surface area contributed by atoms with Crippen molar-refractivity contribution in [3.63, 3.8) is 0 Å². The highest BCUT2D eigenvalue weighted by Gasteiger charge is 2.36. The van der Waals surface area contributed by atoms with Gasteiger partial charge in [-0.05, 0) is 77.3 Å². The number of ether oxygens (including phenoxy) is 2. The van der Waals surface area contributed by atoms with Crippen LogP contribution in [0.3, 0.4) is 0 Å². The predicted molar refractivity (Wildman–Crippen MR) is 145 cm³/mol. The van der Waals surface area contributed by atoms with Crippen molar-refractivity contribution in [1.29, 1.82) is 0 Å². The van der Waals surface area contributed by atoms with Crippen LogP contribution in [-0.2, 0) is 14.3 Å². The Morgan fingerprint density at radius 1 is 1.28 bits per heavy atom. The second-order valence-corrected chi connectivity index (χ2v) is 12.0. The molecule has 2 amide bonds. The molecule has 4 atom stereocenters. The van der Waals surface area contributed by atoms with E-state index in [1.807, 2.05) is 40.7 Å². The third-order valence-electron chi connectivity index (χ3n) is 6.24. The van der Waals surface area contributed by atoms with E-state index in [1.165, 1.54) is 6.07 Å². The van der Waals surface area contributed by atoms with E-state index in [9.17, 15) is 14.0 Å². The van der Waals surface area contributed by atoms with Gasteiger partial charge in [-0.2, -0.15) is 11.8 Å². The monoisotopic (exact) mass is 522 g/mol. The summed E-state index contributed by atoms with van der Waals surface area (Å²) in [6, 6.07) is 4.61. The number of hydrogen-bond acceptors (Lipinski definition) is 5. The molecule has 2 unspecified atom stereocenters. The van der Waals surface area contributed by atoms with E-state index in [-0.39, 0.29) is 35.2 Å². The largest absolute Gasteiger partial charge is 0.444 e. The zero-order chi connectivity index (χ0) is 27.0. The van der Waals surface area contributed by atoms with Gasteiger partial charge in [-0.1, -0.05) is 25.1 Å². The summed E-state index contributed by atoms with van der Waals surface area (Å²) in [5.74, 6) is 0.393. The van der Waals surface area contributed by atoms with Crippen molar-refractivity contribution < 1.29 is 23.5 Å². The predicted octanol–water partition coefficient (Wildman–Crippen LogP) is 6.14. The van der Waals surface area contributed by atoms with Gasteiger partial charge in [-0.15, -0.1) is 6.58 Å². The number of aryl methyl sites for hydroxylation is 1. The Bertz CT molecular complexity index is 904. The SMILES string of the molecule is C=CCCCS[C@H](C)C(C)OC(C(=O)N1CCN(C(=O)OC(C)(C)C)[C@H](C)C1)c1ccc(C)c(F)c1.